The fraction of sp³-hybridized carbons (Fsp3) is 0.364. The maximum atomic E-state index is 10.9. The van der Waals surface area contributed by atoms with Crippen LogP contribution in [0.4, 0.5) is 0 Å². The van der Waals surface area contributed by atoms with E-state index in [1.807, 2.05) is 12.1 Å². The van der Waals surface area contributed by atoms with E-state index in [4.69, 9.17) is 4.74 Å². The van der Waals surface area contributed by atoms with Crippen molar-refractivity contribution >= 4 is 21.9 Å². The van der Waals surface area contributed by atoms with Crippen LogP contribution in [0.5, 0.6) is 0 Å². The van der Waals surface area contributed by atoms with Crippen LogP contribution in [0.3, 0.4) is 0 Å². The van der Waals surface area contributed by atoms with Gasteiger partial charge in [0.25, 0.3) is 0 Å². The maximum absolute atomic E-state index is 10.9. The molecule has 1 aromatic carbocycles. The minimum absolute atomic E-state index is 0.0710. The van der Waals surface area contributed by atoms with E-state index in [1.54, 1.807) is 0 Å². The fourth-order valence-corrected chi connectivity index (χ4v) is 1.90. The quantitative estimate of drug-likeness (QED) is 0.721. The van der Waals surface area contributed by atoms with Crippen LogP contribution in [0, 0.1) is 0 Å². The molecule has 0 amide bonds. The Balaban J connectivity index is 2.08. The molecule has 0 radical (unpaired) electrons. The first-order valence-corrected chi connectivity index (χ1v) is 5.46. The largest absolute Gasteiger partial charge is 0.465 e. The van der Waals surface area contributed by atoms with Crippen molar-refractivity contribution < 1.29 is 9.53 Å². The van der Waals surface area contributed by atoms with Gasteiger partial charge in [-0.3, -0.25) is 4.79 Å². The highest BCUT2D eigenvalue weighted by Crippen LogP contribution is 2.26. The van der Waals surface area contributed by atoms with E-state index in [2.05, 4.69) is 28.1 Å². The number of carbonyl (C=O) groups excluding carboxylic acids is 1. The minimum Gasteiger partial charge on any atom is -0.465 e. The Morgan fingerprint density at radius 1 is 1.29 bits per heavy atom. The molecular weight excluding hydrogens is 244 g/mol. The van der Waals surface area contributed by atoms with Crippen LogP contribution in [0.2, 0.25) is 0 Å². The first kappa shape index (κ1) is 9.71. The third-order valence-electron chi connectivity index (χ3n) is 2.48. The van der Waals surface area contributed by atoms with Gasteiger partial charge in [0.1, 0.15) is 0 Å². The number of rotatable bonds is 1. The van der Waals surface area contributed by atoms with E-state index < -0.39 is 0 Å². The molecular formula is C11H11BrO2. The van der Waals surface area contributed by atoms with Gasteiger partial charge in [-0.25, -0.2) is 0 Å². The number of cyclic esters (lactones) is 1. The second kappa shape index (κ2) is 4.13. The summed E-state index contributed by atoms with van der Waals surface area (Å²) in [7, 11) is 0. The monoisotopic (exact) mass is 254 g/mol. The summed E-state index contributed by atoms with van der Waals surface area (Å²) in [5.41, 5.74) is 1.25. The molecule has 14 heavy (non-hydrogen) atoms. The van der Waals surface area contributed by atoms with E-state index >= 15 is 0 Å². The number of benzene rings is 1. The van der Waals surface area contributed by atoms with Crippen molar-refractivity contribution in [1.82, 2.24) is 0 Å². The smallest absolute Gasteiger partial charge is 0.305 e. The molecule has 0 saturated carbocycles. The van der Waals surface area contributed by atoms with Gasteiger partial charge in [-0.05, 0) is 24.1 Å². The SMILES string of the molecule is O=C1CC[C@H](c2ccc(Br)cc2)CO1. The lowest BCUT2D eigenvalue weighted by Crippen LogP contribution is -2.19. The van der Waals surface area contributed by atoms with E-state index in [0.717, 1.165) is 10.9 Å². The summed E-state index contributed by atoms with van der Waals surface area (Å²) in [6, 6.07) is 8.19. The number of carbonyl (C=O) groups is 1. The first-order valence-electron chi connectivity index (χ1n) is 4.67. The summed E-state index contributed by atoms with van der Waals surface area (Å²) < 4.78 is 6.10. The standard InChI is InChI=1S/C11H11BrO2/c12-10-4-1-8(2-5-10)9-3-6-11(13)14-7-9/h1-2,4-5,9H,3,6-7H2/t9-/m0/s1. The molecule has 1 fully saturated rings. The highest BCUT2D eigenvalue weighted by atomic mass is 79.9. The Kier molecular flexibility index (Phi) is 2.87. The predicted octanol–water partition coefficient (Wildman–Crippen LogP) is 2.87. The minimum atomic E-state index is -0.0710. The zero-order valence-corrected chi connectivity index (χ0v) is 9.29. The van der Waals surface area contributed by atoms with Gasteiger partial charge in [-0.15, -0.1) is 0 Å². The number of halogens is 1. The Bertz CT molecular complexity index is 322. The summed E-state index contributed by atoms with van der Waals surface area (Å²) in [6.45, 7) is 0.528. The number of hydrogen-bond acceptors (Lipinski definition) is 2. The van der Waals surface area contributed by atoms with Gasteiger partial charge in [0, 0.05) is 16.8 Å². The molecule has 0 aliphatic carbocycles. The molecule has 1 aliphatic rings. The van der Waals surface area contributed by atoms with E-state index in [0.29, 0.717) is 18.9 Å². The number of ether oxygens (including phenoxy) is 1. The molecule has 0 bridgehead atoms. The third kappa shape index (κ3) is 2.15. The van der Waals surface area contributed by atoms with Gasteiger partial charge in [0.15, 0.2) is 0 Å². The van der Waals surface area contributed by atoms with E-state index in [-0.39, 0.29) is 5.97 Å². The zero-order chi connectivity index (χ0) is 9.97. The molecule has 0 N–H and O–H groups in total. The van der Waals surface area contributed by atoms with Crippen molar-refractivity contribution in [3.63, 3.8) is 0 Å². The molecule has 0 spiro atoms. The molecule has 1 aromatic rings. The predicted molar refractivity (Wildman–Crippen MR) is 57.1 cm³/mol. The van der Waals surface area contributed by atoms with Crippen molar-refractivity contribution in [2.24, 2.45) is 0 Å². The summed E-state index contributed by atoms with van der Waals surface area (Å²) in [6.07, 6.45) is 1.45. The van der Waals surface area contributed by atoms with Crippen LogP contribution in [-0.2, 0) is 9.53 Å². The Morgan fingerprint density at radius 2 is 2.00 bits per heavy atom. The molecule has 2 nitrogen and oxygen atoms in total. The van der Waals surface area contributed by atoms with Crippen molar-refractivity contribution in [2.75, 3.05) is 6.61 Å². The summed E-state index contributed by atoms with van der Waals surface area (Å²) >= 11 is 3.39. The van der Waals surface area contributed by atoms with Gasteiger partial charge >= 0.3 is 5.97 Å². The van der Waals surface area contributed by atoms with Crippen LogP contribution in [0.25, 0.3) is 0 Å². The number of hydrogen-bond donors (Lipinski definition) is 0. The summed E-state index contributed by atoms with van der Waals surface area (Å²) in [4.78, 5) is 10.9. The summed E-state index contributed by atoms with van der Waals surface area (Å²) in [5.74, 6) is 0.305. The van der Waals surface area contributed by atoms with E-state index in [9.17, 15) is 4.79 Å². The highest BCUT2D eigenvalue weighted by Gasteiger charge is 2.20. The van der Waals surface area contributed by atoms with Crippen LogP contribution >= 0.6 is 15.9 Å². The maximum Gasteiger partial charge on any atom is 0.305 e. The van der Waals surface area contributed by atoms with Gasteiger partial charge in [-0.2, -0.15) is 0 Å². The Hall–Kier alpha value is -0.830. The molecule has 1 atom stereocenters. The highest BCUT2D eigenvalue weighted by molar-refractivity contribution is 9.10. The third-order valence-corrected chi connectivity index (χ3v) is 3.01. The average molecular weight is 255 g/mol. The lowest BCUT2D eigenvalue weighted by molar-refractivity contribution is -0.147. The molecule has 3 heteroatoms. The van der Waals surface area contributed by atoms with Crippen LogP contribution in [-0.4, -0.2) is 12.6 Å². The van der Waals surface area contributed by atoms with Crippen molar-refractivity contribution in [2.45, 2.75) is 18.8 Å². The molecule has 1 saturated heterocycles. The Labute approximate surface area is 91.4 Å². The Morgan fingerprint density at radius 3 is 2.57 bits per heavy atom. The number of esters is 1. The van der Waals surface area contributed by atoms with E-state index in [1.165, 1.54) is 5.56 Å². The molecule has 0 aromatic heterocycles. The van der Waals surface area contributed by atoms with Crippen molar-refractivity contribution in [3.8, 4) is 0 Å². The second-order valence-corrected chi connectivity index (χ2v) is 4.39. The average Bonchev–Trinajstić information content (AvgIpc) is 2.21. The van der Waals surface area contributed by atoms with Gasteiger partial charge in [0.2, 0.25) is 0 Å². The second-order valence-electron chi connectivity index (χ2n) is 3.47. The summed E-state index contributed by atoms with van der Waals surface area (Å²) in [5, 5.41) is 0. The van der Waals surface area contributed by atoms with Crippen LogP contribution < -0.4 is 0 Å². The molecule has 2 rings (SSSR count). The van der Waals surface area contributed by atoms with Crippen molar-refractivity contribution in [3.05, 3.63) is 34.3 Å². The van der Waals surface area contributed by atoms with Crippen molar-refractivity contribution in [1.29, 1.82) is 0 Å². The molecule has 74 valence electrons. The molecule has 1 heterocycles. The first-order chi connectivity index (χ1) is 6.75. The topological polar surface area (TPSA) is 26.3 Å². The van der Waals surface area contributed by atoms with Gasteiger partial charge in [0.05, 0.1) is 6.61 Å². The lowest BCUT2D eigenvalue weighted by atomic mass is 9.94. The van der Waals surface area contributed by atoms with Gasteiger partial charge in [-0.1, -0.05) is 28.1 Å². The normalized spacial score (nSPS) is 21.8. The van der Waals surface area contributed by atoms with Crippen LogP contribution in [0.1, 0.15) is 24.3 Å². The molecule has 1 aliphatic heterocycles. The fourth-order valence-electron chi connectivity index (χ4n) is 1.64. The molecule has 0 unspecified atom stereocenters. The zero-order valence-electron chi connectivity index (χ0n) is 7.70. The van der Waals surface area contributed by atoms with Crippen LogP contribution in [0.15, 0.2) is 28.7 Å². The van der Waals surface area contributed by atoms with Gasteiger partial charge < -0.3 is 4.74 Å². The lowest BCUT2D eigenvalue weighted by Gasteiger charge is -2.21.